The van der Waals surface area contributed by atoms with E-state index in [1.54, 1.807) is 13.0 Å². The lowest BCUT2D eigenvalue weighted by Gasteiger charge is -2.32. The molecule has 0 spiro atoms. The van der Waals surface area contributed by atoms with Gasteiger partial charge in [0.2, 0.25) is 10.0 Å². The Hall–Kier alpha value is -0.780. The van der Waals surface area contributed by atoms with Crippen molar-refractivity contribution in [2.24, 2.45) is 0 Å². The molecule has 1 rings (SSSR count). The summed E-state index contributed by atoms with van der Waals surface area (Å²) in [6.45, 7) is 1.75. The van der Waals surface area contributed by atoms with Crippen LogP contribution in [0.5, 0.6) is 0 Å². The Balaban J connectivity index is 3.03. The van der Waals surface area contributed by atoms with E-state index >= 15 is 0 Å². The maximum Gasteiger partial charge on any atom is 0.322 e. The van der Waals surface area contributed by atoms with E-state index in [1.807, 2.05) is 0 Å². The largest absolute Gasteiger partial charge is 0.480 e. The minimum absolute atomic E-state index is 0.155. The van der Waals surface area contributed by atoms with Crippen LogP contribution in [0.25, 0.3) is 0 Å². The number of hydrogen-bond donors (Lipinski definition) is 1. The zero-order chi connectivity index (χ0) is 13.1. The van der Waals surface area contributed by atoms with Crippen LogP contribution in [0.1, 0.15) is 13.3 Å². The predicted octanol–water partition coefficient (Wildman–Crippen LogP) is 0.120. The lowest BCUT2D eigenvalue weighted by atomic mass is 10.3. The average molecular weight is 278 g/mol. The Kier molecular flexibility index (Phi) is 4.80. The van der Waals surface area contributed by atoms with Gasteiger partial charge >= 0.3 is 5.97 Å². The van der Waals surface area contributed by atoms with Crippen LogP contribution in [-0.4, -0.2) is 53.1 Å². The van der Waals surface area contributed by atoms with Crippen LogP contribution in [-0.2, 0) is 14.8 Å². The number of nitrogens with zero attached hydrogens (tertiary/aromatic N) is 2. The first kappa shape index (κ1) is 14.3. The predicted molar refractivity (Wildman–Crippen MR) is 64.1 cm³/mol. The molecule has 1 N–H and O–H groups in total. The third kappa shape index (κ3) is 2.91. The first-order chi connectivity index (χ1) is 7.95. The van der Waals surface area contributed by atoms with Crippen molar-refractivity contribution in [1.29, 1.82) is 5.26 Å². The summed E-state index contributed by atoms with van der Waals surface area (Å²) in [6, 6.07) is 0.665. The van der Waals surface area contributed by atoms with Gasteiger partial charge in [-0.15, -0.1) is 0 Å². The number of aliphatic carboxylic acids is 1. The second-order valence-corrected chi connectivity index (χ2v) is 6.83. The molecular weight excluding hydrogens is 264 g/mol. The minimum Gasteiger partial charge on any atom is -0.480 e. The molecule has 1 saturated heterocycles. The van der Waals surface area contributed by atoms with E-state index in [2.05, 4.69) is 0 Å². The highest BCUT2D eigenvalue weighted by atomic mass is 32.2. The van der Waals surface area contributed by atoms with Gasteiger partial charge in [0.1, 0.15) is 6.04 Å². The smallest absolute Gasteiger partial charge is 0.322 e. The van der Waals surface area contributed by atoms with Crippen LogP contribution < -0.4 is 0 Å². The molecular formula is C9H14N2O4S2. The molecule has 1 heterocycles. The van der Waals surface area contributed by atoms with Gasteiger partial charge in [-0.1, -0.05) is 6.92 Å². The topological polar surface area (TPSA) is 98.5 Å². The second kappa shape index (κ2) is 5.71. The zero-order valence-electron chi connectivity index (χ0n) is 9.37. The van der Waals surface area contributed by atoms with E-state index in [0.717, 1.165) is 4.31 Å². The summed E-state index contributed by atoms with van der Waals surface area (Å²) in [5.41, 5.74) is 0. The molecule has 0 saturated carbocycles. The summed E-state index contributed by atoms with van der Waals surface area (Å²) in [4.78, 5) is 11.0. The summed E-state index contributed by atoms with van der Waals surface area (Å²) < 4.78 is 25.1. The van der Waals surface area contributed by atoms with E-state index in [9.17, 15) is 13.2 Å². The van der Waals surface area contributed by atoms with Gasteiger partial charge in [-0.05, 0) is 6.42 Å². The first-order valence-corrected chi connectivity index (χ1v) is 7.81. The van der Waals surface area contributed by atoms with Crippen LogP contribution in [0.4, 0.5) is 0 Å². The molecule has 0 aromatic heterocycles. The van der Waals surface area contributed by atoms with Crippen LogP contribution in [0, 0.1) is 11.3 Å². The van der Waals surface area contributed by atoms with Gasteiger partial charge < -0.3 is 5.11 Å². The van der Waals surface area contributed by atoms with Gasteiger partial charge in [0.05, 0.1) is 6.07 Å². The SMILES string of the molecule is CCC(C#N)S(=O)(=O)N1CCSCC1C(=O)O. The third-order valence-corrected chi connectivity index (χ3v) is 5.84. The fourth-order valence-electron chi connectivity index (χ4n) is 1.62. The van der Waals surface area contributed by atoms with Crippen molar-refractivity contribution in [3.63, 3.8) is 0 Å². The van der Waals surface area contributed by atoms with Crippen molar-refractivity contribution >= 4 is 27.8 Å². The number of carbonyl (C=O) groups is 1. The quantitative estimate of drug-likeness (QED) is 0.784. The van der Waals surface area contributed by atoms with Crippen LogP contribution in [0.3, 0.4) is 0 Å². The molecule has 0 amide bonds. The van der Waals surface area contributed by atoms with Crippen molar-refractivity contribution in [2.45, 2.75) is 24.6 Å². The van der Waals surface area contributed by atoms with Crippen molar-refractivity contribution in [3.05, 3.63) is 0 Å². The molecule has 1 aliphatic rings. The van der Waals surface area contributed by atoms with E-state index in [1.165, 1.54) is 11.8 Å². The summed E-state index contributed by atoms with van der Waals surface area (Å²) in [5.74, 6) is -0.366. The number of sulfonamides is 1. The number of thioether (sulfide) groups is 1. The van der Waals surface area contributed by atoms with Crippen molar-refractivity contribution in [2.75, 3.05) is 18.1 Å². The Labute approximate surface area is 105 Å². The average Bonchev–Trinajstić information content (AvgIpc) is 2.30. The summed E-state index contributed by atoms with van der Waals surface area (Å²) >= 11 is 1.41. The lowest BCUT2D eigenvalue weighted by molar-refractivity contribution is -0.140. The summed E-state index contributed by atoms with van der Waals surface area (Å²) in [5, 5.41) is 16.6. The molecule has 8 heteroatoms. The summed E-state index contributed by atoms with van der Waals surface area (Å²) in [6.07, 6.45) is 0.162. The van der Waals surface area contributed by atoms with Crippen molar-refractivity contribution < 1.29 is 18.3 Å². The van der Waals surface area contributed by atoms with Crippen molar-refractivity contribution in [1.82, 2.24) is 4.31 Å². The van der Waals surface area contributed by atoms with E-state index in [0.29, 0.717) is 5.75 Å². The van der Waals surface area contributed by atoms with Crippen LogP contribution in [0.15, 0.2) is 0 Å². The Morgan fingerprint density at radius 1 is 1.71 bits per heavy atom. The molecule has 0 aromatic rings. The highest BCUT2D eigenvalue weighted by Crippen LogP contribution is 2.23. The number of rotatable bonds is 4. The van der Waals surface area contributed by atoms with E-state index in [-0.39, 0.29) is 18.7 Å². The molecule has 1 fully saturated rings. The van der Waals surface area contributed by atoms with Gasteiger partial charge in [0.25, 0.3) is 0 Å². The number of hydrogen-bond acceptors (Lipinski definition) is 5. The minimum atomic E-state index is -3.84. The number of nitriles is 1. The Morgan fingerprint density at radius 2 is 2.35 bits per heavy atom. The second-order valence-electron chi connectivity index (χ2n) is 3.61. The Morgan fingerprint density at radius 3 is 2.82 bits per heavy atom. The molecule has 17 heavy (non-hydrogen) atoms. The lowest BCUT2D eigenvalue weighted by Crippen LogP contribution is -2.52. The number of carboxylic acids is 1. The molecule has 1 aliphatic heterocycles. The normalized spacial score (nSPS) is 23.9. The molecule has 0 aromatic carbocycles. The molecule has 2 unspecified atom stereocenters. The fourth-order valence-corrected chi connectivity index (χ4v) is 4.61. The molecule has 0 aliphatic carbocycles. The fraction of sp³-hybridized carbons (Fsp3) is 0.778. The van der Waals surface area contributed by atoms with E-state index < -0.39 is 27.3 Å². The third-order valence-electron chi connectivity index (χ3n) is 2.57. The molecule has 96 valence electrons. The standard InChI is InChI=1S/C9H14N2O4S2/c1-2-7(5-10)17(14,15)11-3-4-16-6-8(11)9(12)13/h7-8H,2-4,6H2,1H3,(H,12,13). The molecule has 0 bridgehead atoms. The maximum atomic E-state index is 12.1. The monoisotopic (exact) mass is 278 g/mol. The van der Waals surface area contributed by atoms with Crippen molar-refractivity contribution in [3.8, 4) is 6.07 Å². The zero-order valence-corrected chi connectivity index (χ0v) is 11.0. The highest BCUT2D eigenvalue weighted by Gasteiger charge is 2.40. The van der Waals surface area contributed by atoms with Gasteiger partial charge in [-0.2, -0.15) is 21.3 Å². The van der Waals surface area contributed by atoms with Gasteiger partial charge in [0.15, 0.2) is 5.25 Å². The summed E-state index contributed by atoms with van der Waals surface area (Å²) in [7, 11) is -3.84. The van der Waals surface area contributed by atoms with Crippen LogP contribution >= 0.6 is 11.8 Å². The van der Waals surface area contributed by atoms with Gasteiger partial charge in [0, 0.05) is 18.1 Å². The van der Waals surface area contributed by atoms with E-state index in [4.69, 9.17) is 10.4 Å². The van der Waals surface area contributed by atoms with Gasteiger partial charge in [-0.25, -0.2) is 8.42 Å². The molecule has 2 atom stereocenters. The van der Waals surface area contributed by atoms with Crippen LogP contribution in [0.2, 0.25) is 0 Å². The first-order valence-electron chi connectivity index (χ1n) is 5.16. The highest BCUT2D eigenvalue weighted by molar-refractivity contribution is 7.99. The van der Waals surface area contributed by atoms with Gasteiger partial charge in [-0.3, -0.25) is 4.79 Å². The molecule has 6 nitrogen and oxygen atoms in total. The maximum absolute atomic E-state index is 12.1. The number of carboxylic acid groups (broad SMARTS) is 1. The Bertz CT molecular complexity index is 429. The molecule has 0 radical (unpaired) electrons.